The number of carbonyl (C=O) groups excluding carboxylic acids is 1. The summed E-state index contributed by atoms with van der Waals surface area (Å²) in [6, 6.07) is 9.86. The van der Waals surface area contributed by atoms with E-state index in [0.717, 1.165) is 33.1 Å². The number of fused-ring (bicyclic) bond motifs is 1. The van der Waals surface area contributed by atoms with Crippen molar-refractivity contribution < 1.29 is 14.7 Å². The van der Waals surface area contributed by atoms with Gasteiger partial charge in [-0.1, -0.05) is 42.2 Å². The summed E-state index contributed by atoms with van der Waals surface area (Å²) in [6.07, 6.45) is 4.01. The van der Waals surface area contributed by atoms with Crippen molar-refractivity contribution in [3.63, 3.8) is 0 Å². The molecule has 8 heteroatoms. The van der Waals surface area contributed by atoms with E-state index >= 15 is 0 Å². The Hall–Kier alpha value is -2.63. The van der Waals surface area contributed by atoms with E-state index in [1.807, 2.05) is 35.0 Å². The van der Waals surface area contributed by atoms with Gasteiger partial charge in [0.1, 0.15) is 10.9 Å². The Kier molecular flexibility index (Phi) is 4.88. The van der Waals surface area contributed by atoms with Gasteiger partial charge in [0.15, 0.2) is 0 Å². The number of nitriles is 1. The third-order valence-electron chi connectivity index (χ3n) is 3.74. The number of rotatable bonds is 5. The molecule has 0 unspecified atom stereocenters. The monoisotopic (exact) mass is 371 g/mol. The number of benzene rings is 1. The Bertz CT molecular complexity index is 956. The number of thioether (sulfide) groups is 1. The van der Waals surface area contributed by atoms with E-state index in [-0.39, 0.29) is 4.32 Å². The molecule has 1 amide bonds. The van der Waals surface area contributed by atoms with Gasteiger partial charge < -0.3 is 9.67 Å². The highest BCUT2D eigenvalue weighted by Gasteiger charge is 2.33. The quantitative estimate of drug-likeness (QED) is 0.642. The van der Waals surface area contributed by atoms with Gasteiger partial charge in [-0.3, -0.25) is 14.5 Å². The van der Waals surface area contributed by atoms with E-state index in [1.165, 1.54) is 0 Å². The van der Waals surface area contributed by atoms with Crippen LogP contribution >= 0.6 is 24.0 Å². The molecule has 3 rings (SSSR count). The first kappa shape index (κ1) is 17.2. The molecule has 2 aromatic rings. The summed E-state index contributed by atoms with van der Waals surface area (Å²) < 4.78 is 2.22. The molecule has 0 atom stereocenters. The number of carboxylic acid groups (broad SMARTS) is 1. The van der Waals surface area contributed by atoms with Crippen molar-refractivity contribution in [1.82, 2.24) is 9.47 Å². The van der Waals surface area contributed by atoms with Crippen molar-refractivity contribution >= 4 is 57.2 Å². The number of hydrogen-bond donors (Lipinski definition) is 1. The minimum absolute atomic E-state index is 0.242. The Labute approximate surface area is 153 Å². The second-order valence-electron chi connectivity index (χ2n) is 5.36. The molecule has 1 aromatic carbocycles. The summed E-state index contributed by atoms with van der Waals surface area (Å²) in [4.78, 5) is 24.8. The van der Waals surface area contributed by atoms with Crippen molar-refractivity contribution in [3.05, 3.63) is 40.9 Å². The van der Waals surface area contributed by atoms with Crippen LogP contribution in [-0.4, -0.2) is 37.3 Å². The van der Waals surface area contributed by atoms with Crippen molar-refractivity contribution in [2.75, 3.05) is 6.54 Å². The number of amides is 1. The summed E-state index contributed by atoms with van der Waals surface area (Å²) in [6.45, 7) is 0.122. The molecule has 0 spiro atoms. The van der Waals surface area contributed by atoms with Gasteiger partial charge in [-0.15, -0.1) is 0 Å². The Morgan fingerprint density at radius 2 is 2.16 bits per heavy atom. The summed E-state index contributed by atoms with van der Waals surface area (Å²) >= 11 is 6.21. The number of carbonyl (C=O) groups is 2. The first-order valence-corrected chi connectivity index (χ1v) is 8.65. The molecule has 0 radical (unpaired) electrons. The van der Waals surface area contributed by atoms with Gasteiger partial charge in [0.25, 0.3) is 5.91 Å². The first-order chi connectivity index (χ1) is 12.0. The Balaban J connectivity index is 1.99. The van der Waals surface area contributed by atoms with Crippen LogP contribution in [0.2, 0.25) is 0 Å². The van der Waals surface area contributed by atoms with Crippen LogP contribution in [0.25, 0.3) is 17.0 Å². The number of aryl methyl sites for hydroxylation is 1. The third-order valence-corrected chi connectivity index (χ3v) is 5.12. The lowest BCUT2D eigenvalue weighted by Crippen LogP contribution is -2.33. The molecule has 1 aliphatic heterocycles. The van der Waals surface area contributed by atoms with Gasteiger partial charge in [-0.05, 0) is 12.1 Å². The number of para-hydroxylation sites is 1. The summed E-state index contributed by atoms with van der Waals surface area (Å²) in [5, 5.41) is 18.7. The van der Waals surface area contributed by atoms with Crippen molar-refractivity contribution in [2.24, 2.45) is 0 Å². The molecule has 1 fully saturated rings. The van der Waals surface area contributed by atoms with Crippen molar-refractivity contribution in [3.8, 4) is 6.07 Å². The average molecular weight is 371 g/mol. The third kappa shape index (κ3) is 3.43. The number of aromatic nitrogens is 1. The number of hydrogen-bond acceptors (Lipinski definition) is 5. The summed E-state index contributed by atoms with van der Waals surface area (Å²) in [5.41, 5.74) is 1.81. The number of aliphatic carboxylic acids is 1. The summed E-state index contributed by atoms with van der Waals surface area (Å²) in [7, 11) is 0. The minimum Gasteiger partial charge on any atom is -0.480 e. The van der Waals surface area contributed by atoms with E-state index in [1.54, 1.807) is 6.08 Å². The van der Waals surface area contributed by atoms with Crippen molar-refractivity contribution in [1.29, 1.82) is 5.26 Å². The van der Waals surface area contributed by atoms with Crippen LogP contribution < -0.4 is 0 Å². The van der Waals surface area contributed by atoms with Crippen molar-refractivity contribution in [2.45, 2.75) is 13.0 Å². The topological polar surface area (TPSA) is 86.3 Å². The average Bonchev–Trinajstić information content (AvgIpc) is 3.06. The molecule has 0 bridgehead atoms. The smallest absolute Gasteiger partial charge is 0.323 e. The maximum Gasteiger partial charge on any atom is 0.323 e. The molecule has 1 aliphatic rings. The lowest BCUT2D eigenvalue weighted by Gasteiger charge is -2.10. The molecule has 0 saturated carbocycles. The van der Waals surface area contributed by atoms with Crippen LogP contribution in [0.5, 0.6) is 0 Å². The highest BCUT2D eigenvalue weighted by atomic mass is 32.2. The Morgan fingerprint density at radius 1 is 1.40 bits per heavy atom. The standard InChI is InChI=1S/C17H13N3O3S2/c18-6-3-7-19-9-11(12-4-1-2-5-13(12)19)8-14-16(23)20(10-15(21)22)17(24)25-14/h1-2,4-5,8-9H,3,7,10H2,(H,21,22)/b14-8-. The SMILES string of the molecule is N#CCCn1cc(/C=C2\SC(=S)N(CC(=O)O)C2=O)c2ccccc21. The molecular formula is C17H13N3O3S2. The molecule has 0 aliphatic carbocycles. The fourth-order valence-corrected chi connectivity index (χ4v) is 3.90. The maximum absolute atomic E-state index is 12.4. The van der Waals surface area contributed by atoms with Gasteiger partial charge in [-0.25, -0.2) is 0 Å². The second-order valence-corrected chi connectivity index (χ2v) is 7.04. The molecular weight excluding hydrogens is 358 g/mol. The zero-order chi connectivity index (χ0) is 18.0. The lowest BCUT2D eigenvalue weighted by molar-refractivity contribution is -0.140. The molecule has 25 heavy (non-hydrogen) atoms. The van der Waals surface area contributed by atoms with Gasteiger partial charge >= 0.3 is 5.97 Å². The predicted molar refractivity (Wildman–Crippen MR) is 99.7 cm³/mol. The number of thiocarbonyl (C=S) groups is 1. The van der Waals surface area contributed by atoms with Crippen LogP contribution in [0, 0.1) is 11.3 Å². The second kappa shape index (κ2) is 7.09. The maximum atomic E-state index is 12.4. The van der Waals surface area contributed by atoms with E-state index in [9.17, 15) is 9.59 Å². The molecule has 2 heterocycles. The highest BCUT2D eigenvalue weighted by Crippen LogP contribution is 2.34. The lowest BCUT2D eigenvalue weighted by atomic mass is 10.1. The van der Waals surface area contributed by atoms with Crippen LogP contribution in [-0.2, 0) is 16.1 Å². The van der Waals surface area contributed by atoms with Crippen LogP contribution in [0.1, 0.15) is 12.0 Å². The van der Waals surface area contributed by atoms with Gasteiger partial charge in [-0.2, -0.15) is 5.26 Å². The number of nitrogens with zero attached hydrogens (tertiary/aromatic N) is 3. The fraction of sp³-hybridized carbons (Fsp3) is 0.176. The Morgan fingerprint density at radius 3 is 2.88 bits per heavy atom. The van der Waals surface area contributed by atoms with Crippen LogP contribution in [0.4, 0.5) is 0 Å². The highest BCUT2D eigenvalue weighted by molar-refractivity contribution is 8.26. The largest absolute Gasteiger partial charge is 0.480 e. The van der Waals surface area contributed by atoms with Crippen LogP contribution in [0.3, 0.4) is 0 Å². The molecule has 126 valence electrons. The molecule has 1 saturated heterocycles. The van der Waals surface area contributed by atoms with E-state index in [2.05, 4.69) is 6.07 Å². The first-order valence-electron chi connectivity index (χ1n) is 7.43. The summed E-state index contributed by atoms with van der Waals surface area (Å²) in [5.74, 6) is -1.50. The van der Waals surface area contributed by atoms with Gasteiger partial charge in [0, 0.05) is 29.2 Å². The fourth-order valence-electron chi connectivity index (χ4n) is 2.66. The molecule has 6 nitrogen and oxygen atoms in total. The van der Waals surface area contributed by atoms with Gasteiger partial charge in [0.2, 0.25) is 0 Å². The number of carboxylic acids is 1. The molecule has 1 aromatic heterocycles. The normalized spacial score (nSPS) is 16.0. The zero-order valence-electron chi connectivity index (χ0n) is 13.0. The predicted octanol–water partition coefficient (Wildman–Crippen LogP) is 2.84. The van der Waals surface area contributed by atoms with E-state index < -0.39 is 18.4 Å². The zero-order valence-corrected chi connectivity index (χ0v) is 14.6. The van der Waals surface area contributed by atoms with Crippen LogP contribution in [0.15, 0.2) is 35.4 Å². The van der Waals surface area contributed by atoms with E-state index in [4.69, 9.17) is 22.6 Å². The molecule has 1 N–H and O–H groups in total. The van der Waals surface area contributed by atoms with Gasteiger partial charge in [0.05, 0.1) is 17.4 Å². The minimum atomic E-state index is -1.11. The van der Waals surface area contributed by atoms with E-state index in [0.29, 0.717) is 17.9 Å².